The van der Waals surface area contributed by atoms with E-state index in [1.54, 1.807) is 16.8 Å². The van der Waals surface area contributed by atoms with Gasteiger partial charge in [0.25, 0.3) is 0 Å². The van der Waals surface area contributed by atoms with Crippen LogP contribution in [0.15, 0.2) is 64.1 Å². The third kappa shape index (κ3) is 5.30. The number of aromatic nitrogens is 2. The van der Waals surface area contributed by atoms with Gasteiger partial charge >= 0.3 is 0 Å². The number of hydrogen-bond acceptors (Lipinski definition) is 4. The Morgan fingerprint density at radius 3 is 2.50 bits per heavy atom. The van der Waals surface area contributed by atoms with Gasteiger partial charge in [0.1, 0.15) is 0 Å². The fraction of sp³-hybridized carbons (Fsp3) is 0.0588. The molecular formula is C17H15BrClN5O2S2. The molecule has 4 N–H and O–H groups in total. The highest BCUT2D eigenvalue weighted by Crippen LogP contribution is 2.23. The number of thiocarbonyl (C=S) groups is 1. The summed E-state index contributed by atoms with van der Waals surface area (Å²) in [4.78, 5) is 0.0259. The van der Waals surface area contributed by atoms with E-state index in [2.05, 4.69) is 31.7 Å². The Labute approximate surface area is 181 Å². The Balaban J connectivity index is 1.66. The first-order valence-electron chi connectivity index (χ1n) is 7.89. The number of halogens is 2. The van der Waals surface area contributed by atoms with Crippen LogP contribution in [-0.2, 0) is 16.6 Å². The number of nitrogens with two attached hydrogens (primary N) is 1. The van der Waals surface area contributed by atoms with Crippen molar-refractivity contribution in [2.45, 2.75) is 11.4 Å². The summed E-state index contributed by atoms with van der Waals surface area (Å²) in [6, 6.07) is 13.5. The van der Waals surface area contributed by atoms with Crippen molar-refractivity contribution < 1.29 is 8.42 Å². The molecule has 0 aliphatic rings. The number of nitrogens with zero attached hydrogens (tertiary/aromatic N) is 2. The molecule has 146 valence electrons. The Hall–Kier alpha value is -1.98. The molecule has 0 saturated heterocycles. The second-order valence-electron chi connectivity index (χ2n) is 5.76. The van der Waals surface area contributed by atoms with E-state index in [1.165, 1.54) is 12.1 Å². The van der Waals surface area contributed by atoms with Crippen molar-refractivity contribution in [2.24, 2.45) is 5.14 Å². The first-order valence-corrected chi connectivity index (χ1v) is 11.0. The van der Waals surface area contributed by atoms with Gasteiger partial charge in [0.15, 0.2) is 10.9 Å². The monoisotopic (exact) mass is 499 g/mol. The van der Waals surface area contributed by atoms with Crippen LogP contribution < -0.4 is 15.8 Å². The lowest BCUT2D eigenvalue weighted by atomic mass is 10.2. The Kier molecular flexibility index (Phi) is 6.36. The number of benzene rings is 2. The van der Waals surface area contributed by atoms with Crippen molar-refractivity contribution >= 4 is 66.4 Å². The minimum Gasteiger partial charge on any atom is -0.332 e. The van der Waals surface area contributed by atoms with Gasteiger partial charge in [0, 0.05) is 16.9 Å². The van der Waals surface area contributed by atoms with Gasteiger partial charge < -0.3 is 10.6 Å². The largest absolute Gasteiger partial charge is 0.332 e. The maximum atomic E-state index is 11.3. The molecule has 0 atom stereocenters. The molecule has 0 unspecified atom stereocenters. The van der Waals surface area contributed by atoms with Crippen LogP contribution >= 0.6 is 39.7 Å². The van der Waals surface area contributed by atoms with Gasteiger partial charge in [-0.1, -0.05) is 29.8 Å². The van der Waals surface area contributed by atoms with E-state index in [4.69, 9.17) is 29.0 Å². The lowest BCUT2D eigenvalue weighted by Crippen LogP contribution is -2.20. The molecule has 0 bridgehead atoms. The van der Waals surface area contributed by atoms with E-state index in [1.807, 2.05) is 30.5 Å². The first-order chi connectivity index (χ1) is 13.2. The van der Waals surface area contributed by atoms with Gasteiger partial charge in [-0.3, -0.25) is 4.68 Å². The summed E-state index contributed by atoms with van der Waals surface area (Å²) in [6.07, 6.45) is 1.81. The lowest BCUT2D eigenvalue weighted by molar-refractivity contribution is 0.598. The SMILES string of the molecule is NS(=O)(=O)c1ccc(NC(=S)Nc2nn(Cc3ccccc3Cl)cc2Br)cc1. The molecular weight excluding hydrogens is 486 g/mol. The Morgan fingerprint density at radius 2 is 1.86 bits per heavy atom. The zero-order chi connectivity index (χ0) is 20.3. The molecule has 0 fully saturated rings. The Morgan fingerprint density at radius 1 is 1.18 bits per heavy atom. The average molecular weight is 501 g/mol. The maximum absolute atomic E-state index is 11.3. The van der Waals surface area contributed by atoms with Crippen LogP contribution in [-0.4, -0.2) is 23.3 Å². The third-order valence-electron chi connectivity index (χ3n) is 3.68. The highest BCUT2D eigenvalue weighted by atomic mass is 79.9. The number of rotatable bonds is 5. The van der Waals surface area contributed by atoms with Gasteiger partial charge in [-0.05, 0) is 64.0 Å². The predicted molar refractivity (Wildman–Crippen MR) is 118 cm³/mol. The van der Waals surface area contributed by atoms with Crippen molar-refractivity contribution in [3.63, 3.8) is 0 Å². The van der Waals surface area contributed by atoms with Crippen LogP contribution in [0.25, 0.3) is 0 Å². The van der Waals surface area contributed by atoms with Gasteiger partial charge in [-0.15, -0.1) is 0 Å². The summed E-state index contributed by atoms with van der Waals surface area (Å²) < 4.78 is 25.1. The van der Waals surface area contributed by atoms with Gasteiger partial charge in [-0.2, -0.15) is 5.10 Å². The molecule has 7 nitrogen and oxygen atoms in total. The van der Waals surface area contributed by atoms with E-state index in [0.29, 0.717) is 28.2 Å². The fourth-order valence-corrected chi connectivity index (χ4v) is 3.70. The number of nitrogens with one attached hydrogen (secondary N) is 2. The lowest BCUT2D eigenvalue weighted by Gasteiger charge is -2.09. The molecule has 0 aliphatic heterocycles. The summed E-state index contributed by atoms with van der Waals surface area (Å²) in [5.41, 5.74) is 1.55. The molecule has 3 aromatic rings. The van der Waals surface area contributed by atoms with Gasteiger partial charge in [0.05, 0.1) is 15.9 Å². The minimum absolute atomic E-state index is 0.0259. The highest BCUT2D eigenvalue weighted by Gasteiger charge is 2.11. The summed E-state index contributed by atoms with van der Waals surface area (Å²) in [5.74, 6) is 0.533. The minimum atomic E-state index is -3.73. The van der Waals surface area contributed by atoms with E-state index in [-0.39, 0.29) is 4.90 Å². The maximum Gasteiger partial charge on any atom is 0.238 e. The molecule has 0 radical (unpaired) electrons. The van der Waals surface area contributed by atoms with Crippen LogP contribution in [0, 0.1) is 0 Å². The fourth-order valence-electron chi connectivity index (χ4n) is 2.36. The topological polar surface area (TPSA) is 102 Å². The second-order valence-corrected chi connectivity index (χ2v) is 8.99. The average Bonchev–Trinajstić information content (AvgIpc) is 2.95. The summed E-state index contributed by atoms with van der Waals surface area (Å²) in [5, 5.41) is 16.5. The number of primary sulfonamides is 1. The molecule has 0 saturated carbocycles. The molecule has 0 amide bonds. The van der Waals surface area contributed by atoms with Crippen LogP contribution in [0.2, 0.25) is 5.02 Å². The molecule has 0 spiro atoms. The van der Waals surface area contributed by atoms with Crippen LogP contribution in [0.3, 0.4) is 0 Å². The Bertz CT molecular complexity index is 1120. The number of anilines is 2. The summed E-state index contributed by atoms with van der Waals surface area (Å²) in [6.45, 7) is 0.509. The highest BCUT2D eigenvalue weighted by molar-refractivity contribution is 9.10. The van der Waals surface area contributed by atoms with Gasteiger partial charge in [-0.25, -0.2) is 13.6 Å². The second kappa shape index (κ2) is 8.58. The normalized spacial score (nSPS) is 11.2. The van der Waals surface area contributed by atoms with Crippen molar-refractivity contribution in [3.05, 3.63) is 69.8 Å². The van der Waals surface area contributed by atoms with E-state index < -0.39 is 10.0 Å². The number of sulfonamides is 1. The van der Waals surface area contributed by atoms with Crippen molar-refractivity contribution in [3.8, 4) is 0 Å². The summed E-state index contributed by atoms with van der Waals surface area (Å²) >= 11 is 14.9. The molecule has 1 heterocycles. The standard InChI is InChI=1S/C17H15BrClN5O2S2/c18-14-10-24(9-11-3-1-2-4-15(11)19)23-16(14)22-17(27)21-12-5-7-13(8-6-12)28(20,25)26/h1-8,10H,9H2,(H2,20,25,26)(H2,21,22,23,27). The van der Waals surface area contributed by atoms with Crippen molar-refractivity contribution in [1.82, 2.24) is 9.78 Å². The van der Waals surface area contributed by atoms with Gasteiger partial charge in [0.2, 0.25) is 10.0 Å². The zero-order valence-corrected chi connectivity index (χ0v) is 18.2. The molecule has 3 rings (SSSR count). The summed E-state index contributed by atoms with van der Waals surface area (Å²) in [7, 11) is -3.73. The first kappa shape index (κ1) is 20.7. The smallest absolute Gasteiger partial charge is 0.238 e. The predicted octanol–water partition coefficient (Wildman–Crippen LogP) is 3.80. The van der Waals surface area contributed by atoms with E-state index in [9.17, 15) is 8.42 Å². The van der Waals surface area contributed by atoms with Crippen molar-refractivity contribution in [2.75, 3.05) is 10.6 Å². The van der Waals surface area contributed by atoms with E-state index >= 15 is 0 Å². The van der Waals surface area contributed by atoms with Crippen LogP contribution in [0.1, 0.15) is 5.56 Å². The van der Waals surface area contributed by atoms with Crippen molar-refractivity contribution in [1.29, 1.82) is 0 Å². The molecule has 11 heteroatoms. The molecule has 2 aromatic carbocycles. The van der Waals surface area contributed by atoms with Crippen LogP contribution in [0.5, 0.6) is 0 Å². The number of hydrogen-bond donors (Lipinski definition) is 3. The zero-order valence-electron chi connectivity index (χ0n) is 14.3. The van der Waals surface area contributed by atoms with E-state index in [0.717, 1.165) is 10.0 Å². The third-order valence-corrected chi connectivity index (χ3v) is 5.76. The molecule has 1 aromatic heterocycles. The quantitative estimate of drug-likeness (QED) is 0.461. The molecule has 0 aliphatic carbocycles. The van der Waals surface area contributed by atoms with Crippen LogP contribution in [0.4, 0.5) is 11.5 Å². The molecule has 28 heavy (non-hydrogen) atoms.